The van der Waals surface area contributed by atoms with E-state index < -0.39 is 91.3 Å². The molecule has 4 aliphatic heterocycles. The number of epoxide rings is 1. The molecule has 40 heavy (non-hydrogen) atoms. The van der Waals surface area contributed by atoms with Crippen molar-refractivity contribution in [1.82, 2.24) is 0 Å². The van der Waals surface area contributed by atoms with Gasteiger partial charge in [-0.3, -0.25) is 0 Å². The second-order valence-electron chi connectivity index (χ2n) is 10.3. The summed E-state index contributed by atoms with van der Waals surface area (Å²) in [7, 11) is 1.17. The second-order valence-corrected chi connectivity index (χ2v) is 10.3. The largest absolute Gasteiger partial charge is 0.508 e. The number of carbonyl (C=O) groups excluding carboxylic acids is 2. The predicted molar refractivity (Wildman–Crippen MR) is 126 cm³/mol. The fourth-order valence-corrected chi connectivity index (χ4v) is 6.20. The molecule has 6 N–H and O–H groups in total. The van der Waals surface area contributed by atoms with E-state index in [1.165, 1.54) is 37.5 Å². The third-order valence-corrected chi connectivity index (χ3v) is 8.19. The highest BCUT2D eigenvalue weighted by Gasteiger charge is 2.81. The Kier molecular flexibility index (Phi) is 6.63. The van der Waals surface area contributed by atoms with Crippen LogP contribution in [-0.2, 0) is 38.0 Å². The summed E-state index contributed by atoms with van der Waals surface area (Å²) < 4.78 is 33.6. The van der Waals surface area contributed by atoms with Crippen molar-refractivity contribution in [1.29, 1.82) is 0 Å². The molecular formula is C26H28O14. The summed E-state index contributed by atoms with van der Waals surface area (Å²) in [5.74, 6) is -3.51. The highest BCUT2D eigenvalue weighted by atomic mass is 16.8. The van der Waals surface area contributed by atoms with E-state index in [0.717, 1.165) is 6.26 Å². The van der Waals surface area contributed by atoms with Gasteiger partial charge < -0.3 is 59.1 Å². The van der Waals surface area contributed by atoms with Gasteiger partial charge in [-0.05, 0) is 23.8 Å². The van der Waals surface area contributed by atoms with E-state index in [0.29, 0.717) is 5.56 Å². The Morgan fingerprint density at radius 3 is 2.45 bits per heavy atom. The Morgan fingerprint density at radius 1 is 1.05 bits per heavy atom. The van der Waals surface area contributed by atoms with E-state index in [9.17, 15) is 40.2 Å². The number of fused-ring (bicyclic) bond motifs is 5. The molecule has 3 saturated heterocycles. The maximum absolute atomic E-state index is 13.1. The van der Waals surface area contributed by atoms with E-state index in [1.54, 1.807) is 0 Å². The van der Waals surface area contributed by atoms with E-state index in [4.69, 9.17) is 28.4 Å². The zero-order valence-corrected chi connectivity index (χ0v) is 21.0. The molecule has 1 aliphatic carbocycles. The molecule has 0 unspecified atom stereocenters. The standard InChI is InChI=1S/C26H28O14/c1-35-22(33)12-8-36-24(39-25-18(31)17(30)16(29)13(7-27)37-25)15-14(12)19-21(38-19)26(15)20(32)11(23(34)40-26)6-9-2-4-10(28)5-3-9/h2-6,8,13-21,24-25,27-32H,7H2,1H3/b11-6+/t13-,14-,15-,16-,17+,18-,19+,20-,21+,24+,25+,26+/m1/s1. The Balaban J connectivity index is 1.37. The molecule has 14 nitrogen and oxygen atoms in total. The fraction of sp³-hybridized carbons (Fsp3) is 0.538. The molecule has 0 aromatic heterocycles. The van der Waals surface area contributed by atoms with Crippen molar-refractivity contribution >= 4 is 18.0 Å². The van der Waals surface area contributed by atoms with Gasteiger partial charge >= 0.3 is 11.9 Å². The number of carbonyl (C=O) groups is 2. The van der Waals surface area contributed by atoms with E-state index in [-0.39, 0.29) is 16.9 Å². The average molecular weight is 564 g/mol. The lowest BCUT2D eigenvalue weighted by Crippen LogP contribution is -2.62. The number of phenols is 1. The van der Waals surface area contributed by atoms with Crippen LogP contribution in [0, 0.1) is 11.8 Å². The number of rotatable bonds is 5. The summed E-state index contributed by atoms with van der Waals surface area (Å²) in [5, 5.41) is 61.6. The monoisotopic (exact) mass is 564 g/mol. The maximum Gasteiger partial charge on any atom is 0.337 e. The zero-order valence-electron chi connectivity index (χ0n) is 21.0. The van der Waals surface area contributed by atoms with Crippen LogP contribution in [-0.4, -0.2) is 117 Å². The lowest BCUT2D eigenvalue weighted by Gasteiger charge is -2.45. The van der Waals surface area contributed by atoms with Gasteiger partial charge in [0.1, 0.15) is 42.4 Å². The van der Waals surface area contributed by atoms with Gasteiger partial charge in [-0.2, -0.15) is 0 Å². The molecule has 0 amide bonds. The minimum atomic E-state index is -1.79. The first-order chi connectivity index (χ1) is 19.1. The third-order valence-electron chi connectivity index (χ3n) is 8.19. The van der Waals surface area contributed by atoms with Gasteiger partial charge in [0.25, 0.3) is 0 Å². The van der Waals surface area contributed by atoms with Crippen molar-refractivity contribution in [3.63, 3.8) is 0 Å². The average Bonchev–Trinajstić information content (AvgIpc) is 3.65. The molecule has 1 saturated carbocycles. The van der Waals surface area contributed by atoms with Gasteiger partial charge in [0.05, 0.1) is 43.1 Å². The van der Waals surface area contributed by atoms with Gasteiger partial charge in [-0.15, -0.1) is 0 Å². The Morgan fingerprint density at radius 2 is 1.77 bits per heavy atom. The number of hydrogen-bond donors (Lipinski definition) is 6. The van der Waals surface area contributed by atoms with Gasteiger partial charge in [-0.1, -0.05) is 12.1 Å². The Bertz CT molecular complexity index is 1240. The van der Waals surface area contributed by atoms with Crippen molar-refractivity contribution in [3.8, 4) is 5.75 Å². The molecule has 0 radical (unpaired) electrons. The number of methoxy groups -OCH3 is 1. The first-order valence-electron chi connectivity index (χ1n) is 12.6. The number of esters is 2. The van der Waals surface area contributed by atoms with Crippen LogP contribution in [0.15, 0.2) is 41.7 Å². The minimum Gasteiger partial charge on any atom is -0.508 e. The molecule has 4 heterocycles. The lowest BCUT2D eigenvalue weighted by molar-refractivity contribution is -0.350. The van der Waals surface area contributed by atoms with Crippen LogP contribution in [0.3, 0.4) is 0 Å². The quantitative estimate of drug-likeness (QED) is 0.126. The number of aliphatic hydroxyl groups is 5. The van der Waals surface area contributed by atoms with Gasteiger partial charge in [-0.25, -0.2) is 9.59 Å². The van der Waals surface area contributed by atoms with Crippen molar-refractivity contribution in [2.24, 2.45) is 11.8 Å². The SMILES string of the molecule is COC(=O)C1=CO[C@@H](O[C@@H]2O[C@H](CO)[C@@H](O)[C@H](O)[C@H]2O)[C@H]2[C@@H]1[C@@H]1O[C@@H]1[C@]21OC(=O)/C(=C/c2ccc(O)cc2)[C@H]1O. The molecular weight excluding hydrogens is 536 g/mol. The van der Waals surface area contributed by atoms with E-state index in [1.807, 2.05) is 0 Å². The molecule has 14 heteroatoms. The first-order valence-corrected chi connectivity index (χ1v) is 12.6. The fourth-order valence-electron chi connectivity index (χ4n) is 6.20. The number of ether oxygens (including phenoxy) is 6. The number of aliphatic hydroxyl groups excluding tert-OH is 5. The van der Waals surface area contributed by atoms with E-state index >= 15 is 0 Å². The number of aromatic hydroxyl groups is 1. The highest BCUT2D eigenvalue weighted by molar-refractivity contribution is 5.98. The number of hydrogen-bond acceptors (Lipinski definition) is 14. The summed E-state index contributed by atoms with van der Waals surface area (Å²) in [6.45, 7) is -0.696. The Hall–Kier alpha value is -3.08. The van der Waals surface area contributed by atoms with Crippen molar-refractivity contribution in [2.45, 2.75) is 60.9 Å². The molecule has 6 rings (SSSR count). The van der Waals surface area contributed by atoms with Crippen LogP contribution in [0.2, 0.25) is 0 Å². The van der Waals surface area contributed by atoms with Crippen molar-refractivity contribution in [2.75, 3.05) is 13.7 Å². The molecule has 1 aromatic rings. The number of phenolic OH excluding ortho intramolecular Hbond substituents is 1. The van der Waals surface area contributed by atoms with Crippen LogP contribution in [0.25, 0.3) is 6.08 Å². The second kappa shape index (κ2) is 9.78. The third kappa shape index (κ3) is 3.94. The molecule has 0 bridgehead atoms. The van der Waals surface area contributed by atoms with Gasteiger partial charge in [0, 0.05) is 5.92 Å². The summed E-state index contributed by atoms with van der Waals surface area (Å²) >= 11 is 0. The van der Waals surface area contributed by atoms with Crippen molar-refractivity contribution in [3.05, 3.63) is 47.2 Å². The van der Waals surface area contributed by atoms with Crippen LogP contribution in [0.4, 0.5) is 0 Å². The summed E-state index contributed by atoms with van der Waals surface area (Å²) in [6, 6.07) is 5.89. The maximum atomic E-state index is 13.1. The van der Waals surface area contributed by atoms with Crippen LogP contribution in [0.5, 0.6) is 5.75 Å². The first kappa shape index (κ1) is 27.1. The van der Waals surface area contributed by atoms with E-state index in [2.05, 4.69) is 0 Å². The Labute approximate surface area is 226 Å². The molecule has 4 fully saturated rings. The normalized spacial score (nSPS) is 44.5. The van der Waals surface area contributed by atoms with Crippen molar-refractivity contribution < 1.29 is 68.6 Å². The van der Waals surface area contributed by atoms with Crippen LogP contribution < -0.4 is 0 Å². The summed E-state index contributed by atoms with van der Waals surface area (Å²) in [5.41, 5.74) is -1.36. The minimum absolute atomic E-state index is 0.00990. The van der Waals surface area contributed by atoms with Gasteiger partial charge in [0.15, 0.2) is 11.9 Å². The predicted octanol–water partition coefficient (Wildman–Crippen LogP) is -2.32. The smallest absolute Gasteiger partial charge is 0.337 e. The molecule has 216 valence electrons. The van der Waals surface area contributed by atoms with Crippen LogP contribution in [0.1, 0.15) is 5.56 Å². The van der Waals surface area contributed by atoms with Crippen LogP contribution >= 0.6 is 0 Å². The highest BCUT2D eigenvalue weighted by Crippen LogP contribution is 2.64. The number of benzene rings is 1. The summed E-state index contributed by atoms with van der Waals surface area (Å²) in [4.78, 5) is 25.8. The van der Waals surface area contributed by atoms with Gasteiger partial charge in [0.2, 0.25) is 6.29 Å². The zero-order chi connectivity index (χ0) is 28.5. The lowest BCUT2D eigenvalue weighted by atomic mass is 9.75. The molecule has 5 aliphatic rings. The molecule has 12 atom stereocenters. The summed E-state index contributed by atoms with van der Waals surface area (Å²) in [6.07, 6.45) is -10.1. The molecule has 1 aromatic carbocycles. The topological polar surface area (TPSA) is 214 Å². The molecule has 1 spiro atoms.